The number of carbonyl (C=O) groups excluding carboxylic acids is 1. The van der Waals surface area contributed by atoms with Gasteiger partial charge in [-0.1, -0.05) is 37.5 Å². The molecule has 7 heteroatoms. The van der Waals surface area contributed by atoms with Gasteiger partial charge in [-0.05, 0) is 49.2 Å². The van der Waals surface area contributed by atoms with E-state index in [2.05, 4.69) is 0 Å². The first-order valence-corrected chi connectivity index (χ1v) is 11.0. The Bertz CT molecular complexity index is 1250. The van der Waals surface area contributed by atoms with Gasteiger partial charge in [-0.25, -0.2) is 4.39 Å². The van der Waals surface area contributed by atoms with E-state index in [0.717, 1.165) is 37.8 Å². The van der Waals surface area contributed by atoms with Crippen LogP contribution in [-0.2, 0) is 16.1 Å². The molecule has 1 amide bonds. The average molecular weight is 445 g/mol. The first-order valence-electron chi connectivity index (χ1n) is 11.0. The molecule has 168 valence electrons. The normalized spacial score (nSPS) is 14.7. The molecule has 0 spiro atoms. The van der Waals surface area contributed by atoms with Crippen LogP contribution in [0.25, 0.3) is 17.0 Å². The summed E-state index contributed by atoms with van der Waals surface area (Å²) in [6.07, 6.45) is 7.87. The van der Waals surface area contributed by atoms with Gasteiger partial charge in [-0.2, -0.15) is 5.26 Å². The number of carboxylic acid groups (broad SMARTS) is 1. The molecule has 0 aliphatic heterocycles. The summed E-state index contributed by atoms with van der Waals surface area (Å²) in [5.74, 6) is -1.94. The zero-order chi connectivity index (χ0) is 23.4. The summed E-state index contributed by atoms with van der Waals surface area (Å²) in [6, 6.07) is 15.4. The van der Waals surface area contributed by atoms with Crippen LogP contribution < -0.4 is 4.90 Å². The molecule has 1 aromatic heterocycles. The third kappa shape index (κ3) is 4.80. The fourth-order valence-corrected chi connectivity index (χ4v) is 4.54. The van der Waals surface area contributed by atoms with Gasteiger partial charge in [-0.15, -0.1) is 0 Å². The number of carboxylic acids is 1. The Morgan fingerprint density at radius 1 is 1.15 bits per heavy atom. The Morgan fingerprint density at radius 3 is 2.55 bits per heavy atom. The van der Waals surface area contributed by atoms with E-state index in [1.54, 1.807) is 4.90 Å². The molecule has 4 rings (SSSR count). The van der Waals surface area contributed by atoms with Gasteiger partial charge in [0, 0.05) is 34.4 Å². The Hall–Kier alpha value is -3.92. The Morgan fingerprint density at radius 2 is 1.88 bits per heavy atom. The van der Waals surface area contributed by atoms with E-state index in [4.69, 9.17) is 0 Å². The molecule has 1 heterocycles. The van der Waals surface area contributed by atoms with E-state index in [9.17, 15) is 24.3 Å². The third-order valence-corrected chi connectivity index (χ3v) is 6.02. The highest BCUT2D eigenvalue weighted by atomic mass is 19.1. The monoisotopic (exact) mass is 445 g/mol. The Balaban J connectivity index is 1.78. The molecule has 0 atom stereocenters. The van der Waals surface area contributed by atoms with Crippen molar-refractivity contribution in [1.29, 1.82) is 5.26 Å². The summed E-state index contributed by atoms with van der Waals surface area (Å²) >= 11 is 0. The summed E-state index contributed by atoms with van der Waals surface area (Å²) < 4.78 is 15.4. The third-order valence-electron chi connectivity index (χ3n) is 6.02. The number of aromatic nitrogens is 1. The van der Waals surface area contributed by atoms with Crippen molar-refractivity contribution in [2.45, 2.75) is 44.7 Å². The average Bonchev–Trinajstić information content (AvgIpc) is 3.14. The number of halogens is 1. The zero-order valence-electron chi connectivity index (χ0n) is 18.1. The highest BCUT2D eigenvalue weighted by Crippen LogP contribution is 2.30. The number of rotatable bonds is 6. The van der Waals surface area contributed by atoms with Gasteiger partial charge >= 0.3 is 5.97 Å². The molecule has 0 radical (unpaired) electrons. The van der Waals surface area contributed by atoms with Crippen LogP contribution in [0, 0.1) is 17.1 Å². The lowest BCUT2D eigenvalue weighted by atomic mass is 9.93. The molecule has 1 aliphatic carbocycles. The van der Waals surface area contributed by atoms with Crippen LogP contribution in [0.15, 0.2) is 60.3 Å². The first kappa shape index (κ1) is 22.3. The minimum absolute atomic E-state index is 0.00352. The topological polar surface area (TPSA) is 86.3 Å². The maximum absolute atomic E-state index is 14.0. The predicted octanol–water partition coefficient (Wildman–Crippen LogP) is 5.14. The minimum Gasteiger partial charge on any atom is -0.480 e. The van der Waals surface area contributed by atoms with E-state index in [1.807, 2.05) is 36.4 Å². The van der Waals surface area contributed by atoms with Crippen LogP contribution in [-0.4, -0.2) is 27.6 Å². The molecule has 0 bridgehead atoms. The zero-order valence-corrected chi connectivity index (χ0v) is 18.1. The van der Waals surface area contributed by atoms with Crippen molar-refractivity contribution in [1.82, 2.24) is 4.57 Å². The van der Waals surface area contributed by atoms with E-state index in [0.29, 0.717) is 16.5 Å². The van der Waals surface area contributed by atoms with Crippen molar-refractivity contribution in [2.24, 2.45) is 0 Å². The van der Waals surface area contributed by atoms with Crippen LogP contribution in [0.3, 0.4) is 0 Å². The lowest BCUT2D eigenvalue weighted by molar-refractivity contribution is -0.137. The summed E-state index contributed by atoms with van der Waals surface area (Å²) in [5.41, 5.74) is 1.59. The summed E-state index contributed by atoms with van der Waals surface area (Å²) in [4.78, 5) is 26.6. The van der Waals surface area contributed by atoms with Crippen LogP contribution in [0.5, 0.6) is 0 Å². The number of para-hydroxylation sites is 1. The summed E-state index contributed by atoms with van der Waals surface area (Å²) in [5, 5.41) is 19.6. The van der Waals surface area contributed by atoms with Crippen LogP contribution in [0.2, 0.25) is 0 Å². The largest absolute Gasteiger partial charge is 0.480 e. The SMILES string of the molecule is N#C/C(=C\c1cn(CC(=O)O)c2ccc(F)cc12)C(=O)N(c1ccccc1)C1CCCCC1. The summed E-state index contributed by atoms with van der Waals surface area (Å²) in [6.45, 7) is -0.315. The molecule has 3 aromatic rings. The van der Waals surface area contributed by atoms with Gasteiger partial charge in [0.05, 0.1) is 0 Å². The smallest absolute Gasteiger partial charge is 0.323 e. The summed E-state index contributed by atoms with van der Waals surface area (Å²) in [7, 11) is 0. The number of fused-ring (bicyclic) bond motifs is 1. The second kappa shape index (κ2) is 9.70. The van der Waals surface area contributed by atoms with E-state index in [-0.39, 0.29) is 18.2 Å². The van der Waals surface area contributed by atoms with Gasteiger partial charge < -0.3 is 14.6 Å². The molecule has 2 aromatic carbocycles. The number of hydrogen-bond donors (Lipinski definition) is 1. The molecule has 1 saturated carbocycles. The number of anilines is 1. The quantitative estimate of drug-likeness (QED) is 0.421. The Labute approximate surface area is 191 Å². The molecular weight excluding hydrogens is 421 g/mol. The second-order valence-corrected chi connectivity index (χ2v) is 8.24. The highest BCUT2D eigenvalue weighted by Gasteiger charge is 2.29. The molecule has 6 nitrogen and oxygen atoms in total. The molecule has 1 aliphatic rings. The lowest BCUT2D eigenvalue weighted by Gasteiger charge is -2.34. The van der Waals surface area contributed by atoms with Crippen LogP contribution in [0.4, 0.5) is 10.1 Å². The maximum atomic E-state index is 14.0. The molecule has 0 saturated heterocycles. The number of carbonyl (C=O) groups is 2. The number of nitrogens with zero attached hydrogens (tertiary/aromatic N) is 3. The lowest BCUT2D eigenvalue weighted by Crippen LogP contribution is -2.42. The van der Waals surface area contributed by atoms with E-state index >= 15 is 0 Å². The van der Waals surface area contributed by atoms with Crippen molar-refractivity contribution >= 4 is 34.5 Å². The van der Waals surface area contributed by atoms with Crippen molar-refractivity contribution in [3.8, 4) is 6.07 Å². The predicted molar refractivity (Wildman–Crippen MR) is 124 cm³/mol. The minimum atomic E-state index is -1.05. The van der Waals surface area contributed by atoms with Gasteiger partial charge in [0.25, 0.3) is 5.91 Å². The van der Waals surface area contributed by atoms with Gasteiger partial charge in [0.15, 0.2) is 0 Å². The molecule has 1 N–H and O–H groups in total. The highest BCUT2D eigenvalue weighted by molar-refractivity contribution is 6.12. The number of hydrogen-bond acceptors (Lipinski definition) is 3. The molecule has 1 fully saturated rings. The standard InChI is InChI=1S/C26H24FN3O3/c27-20-11-12-24-23(14-20)19(16-29(24)17-25(31)32)13-18(15-28)26(33)30(21-7-3-1-4-8-21)22-9-5-2-6-10-22/h1,3-4,7-8,11-14,16,22H,2,5-6,9-10,17H2,(H,31,32)/b18-13+. The van der Waals surface area contributed by atoms with E-state index in [1.165, 1.54) is 35.0 Å². The van der Waals surface area contributed by atoms with Crippen molar-refractivity contribution in [3.63, 3.8) is 0 Å². The van der Waals surface area contributed by atoms with Gasteiger partial charge in [-0.3, -0.25) is 9.59 Å². The molecule has 0 unspecified atom stereocenters. The fourth-order valence-electron chi connectivity index (χ4n) is 4.54. The number of nitriles is 1. The van der Waals surface area contributed by atoms with Crippen molar-refractivity contribution in [3.05, 3.63) is 71.7 Å². The number of benzene rings is 2. The van der Waals surface area contributed by atoms with Gasteiger partial charge in [0.2, 0.25) is 0 Å². The number of aliphatic carboxylic acids is 1. The van der Waals surface area contributed by atoms with Crippen LogP contribution >= 0.6 is 0 Å². The van der Waals surface area contributed by atoms with Gasteiger partial charge in [0.1, 0.15) is 24.0 Å². The molecule has 33 heavy (non-hydrogen) atoms. The first-order chi connectivity index (χ1) is 16.0. The molecular formula is C26H24FN3O3. The van der Waals surface area contributed by atoms with E-state index < -0.39 is 17.7 Å². The maximum Gasteiger partial charge on any atom is 0.323 e. The fraction of sp³-hybridized carbons (Fsp3) is 0.269. The van der Waals surface area contributed by atoms with Crippen molar-refractivity contribution < 1.29 is 19.1 Å². The van der Waals surface area contributed by atoms with Crippen LogP contribution in [0.1, 0.15) is 37.7 Å². The second-order valence-electron chi connectivity index (χ2n) is 8.24. The number of amides is 1. The Kier molecular flexibility index (Phi) is 6.55. The van der Waals surface area contributed by atoms with Crippen molar-refractivity contribution in [2.75, 3.05) is 4.90 Å².